The van der Waals surface area contributed by atoms with E-state index in [2.05, 4.69) is 0 Å². The Bertz CT molecular complexity index is 550. The fraction of sp³-hybridized carbons (Fsp3) is 0.833. The Morgan fingerprint density at radius 1 is 1.16 bits per heavy atom. The number of halogens is 1. The quantitative estimate of drug-likeness (QED) is 0.405. The number of carbonyl (C=O) groups is 3. The molecule has 2 saturated heterocycles. The van der Waals surface area contributed by atoms with Gasteiger partial charge in [-0.05, 0) is 44.4 Å². The largest absolute Gasteiger partial charge is 0.458 e. The summed E-state index contributed by atoms with van der Waals surface area (Å²) in [5.74, 6) is -0.814. The van der Waals surface area contributed by atoms with Crippen LogP contribution >= 0.6 is 11.6 Å². The molecule has 0 spiro atoms. The van der Waals surface area contributed by atoms with Gasteiger partial charge in [0.1, 0.15) is 17.6 Å². The van der Waals surface area contributed by atoms with Crippen LogP contribution in [0.15, 0.2) is 0 Å². The van der Waals surface area contributed by atoms with Crippen LogP contribution in [0.25, 0.3) is 0 Å². The van der Waals surface area contributed by atoms with Crippen molar-refractivity contribution in [2.24, 2.45) is 17.8 Å². The number of hydrogen-bond acceptors (Lipinski definition) is 6. The number of carbonyl (C=O) groups excluding carboxylic acids is 3. The maximum atomic E-state index is 12.5. The molecule has 4 aliphatic rings. The number of esters is 3. The highest BCUT2D eigenvalue weighted by Gasteiger charge is 2.52. The minimum Gasteiger partial charge on any atom is -0.458 e. The molecule has 2 heterocycles. The van der Waals surface area contributed by atoms with E-state index in [-0.39, 0.29) is 23.9 Å². The van der Waals surface area contributed by atoms with Gasteiger partial charge in [-0.3, -0.25) is 9.59 Å². The van der Waals surface area contributed by atoms with Crippen molar-refractivity contribution in [1.29, 1.82) is 0 Å². The van der Waals surface area contributed by atoms with Crippen molar-refractivity contribution in [2.45, 2.75) is 76.1 Å². The van der Waals surface area contributed by atoms with E-state index in [0.717, 1.165) is 19.3 Å². The molecule has 25 heavy (non-hydrogen) atoms. The summed E-state index contributed by atoms with van der Waals surface area (Å²) < 4.78 is 16.4. The second-order valence-corrected chi connectivity index (χ2v) is 7.88. The molecule has 2 aliphatic heterocycles. The smallest absolute Gasteiger partial charge is 0.347 e. The van der Waals surface area contributed by atoms with Crippen LogP contribution in [0.4, 0.5) is 0 Å². The molecule has 0 aromatic rings. The lowest BCUT2D eigenvalue weighted by molar-refractivity contribution is -0.185. The summed E-state index contributed by atoms with van der Waals surface area (Å²) in [6.07, 6.45) is 2.23. The van der Waals surface area contributed by atoms with Gasteiger partial charge in [0.15, 0.2) is 6.10 Å². The SMILES string of the molecule is CCC(Cl)C(=O)OC(CC)C(=O)OC1C2CC3CC(C2)C(=O)OC1C3. The number of hydrogen-bond donors (Lipinski definition) is 0. The zero-order chi connectivity index (χ0) is 18.1. The number of rotatable bonds is 6. The Morgan fingerprint density at radius 3 is 2.60 bits per heavy atom. The lowest BCUT2D eigenvalue weighted by Gasteiger charge is -2.41. The normalized spacial score (nSPS) is 35.5. The van der Waals surface area contributed by atoms with Crippen LogP contribution in [0.2, 0.25) is 0 Å². The molecule has 140 valence electrons. The molecule has 6 nitrogen and oxygen atoms in total. The first-order valence-electron chi connectivity index (χ1n) is 9.18. The summed E-state index contributed by atoms with van der Waals surface area (Å²) in [6, 6.07) is 0. The molecule has 7 atom stereocenters. The maximum Gasteiger partial charge on any atom is 0.347 e. The van der Waals surface area contributed by atoms with Gasteiger partial charge in [-0.25, -0.2) is 4.79 Å². The summed E-state index contributed by atoms with van der Waals surface area (Å²) in [5.41, 5.74) is 0. The summed E-state index contributed by atoms with van der Waals surface area (Å²) in [6.45, 7) is 3.52. The molecule has 0 N–H and O–H groups in total. The van der Waals surface area contributed by atoms with E-state index in [0.29, 0.717) is 25.2 Å². The molecule has 4 rings (SSSR count). The molecule has 7 unspecified atom stereocenters. The lowest BCUT2D eigenvalue weighted by Crippen LogP contribution is -2.47. The molecule has 4 bridgehead atoms. The van der Waals surface area contributed by atoms with Crippen molar-refractivity contribution in [3.8, 4) is 0 Å². The van der Waals surface area contributed by atoms with E-state index in [1.165, 1.54) is 0 Å². The molecular formula is C18H25ClO6. The number of fused-ring (bicyclic) bond motifs is 1. The van der Waals surface area contributed by atoms with E-state index in [4.69, 9.17) is 25.8 Å². The van der Waals surface area contributed by atoms with Crippen molar-refractivity contribution in [1.82, 2.24) is 0 Å². The molecule has 7 heteroatoms. The van der Waals surface area contributed by atoms with Crippen LogP contribution in [0, 0.1) is 17.8 Å². The Kier molecular flexibility index (Phi) is 5.56. The van der Waals surface area contributed by atoms with Crippen LogP contribution in [0.5, 0.6) is 0 Å². The summed E-state index contributed by atoms with van der Waals surface area (Å²) in [4.78, 5) is 36.5. The van der Waals surface area contributed by atoms with Crippen molar-refractivity contribution in [2.75, 3.05) is 0 Å². The minimum absolute atomic E-state index is 0.0705. The summed E-state index contributed by atoms with van der Waals surface area (Å²) in [7, 11) is 0. The predicted octanol–water partition coefficient (Wildman–Crippen LogP) is 2.60. The van der Waals surface area contributed by atoms with Crippen LogP contribution in [-0.2, 0) is 28.6 Å². The van der Waals surface area contributed by atoms with Gasteiger partial charge in [-0.1, -0.05) is 13.8 Å². The Labute approximate surface area is 152 Å². The summed E-state index contributed by atoms with van der Waals surface area (Å²) in [5, 5.41) is -0.771. The highest BCUT2D eigenvalue weighted by molar-refractivity contribution is 6.29. The van der Waals surface area contributed by atoms with E-state index < -0.39 is 29.5 Å². The van der Waals surface area contributed by atoms with Crippen LogP contribution in [0.3, 0.4) is 0 Å². The van der Waals surface area contributed by atoms with E-state index in [1.54, 1.807) is 13.8 Å². The topological polar surface area (TPSA) is 78.9 Å². The van der Waals surface area contributed by atoms with Gasteiger partial charge in [-0.2, -0.15) is 0 Å². The van der Waals surface area contributed by atoms with E-state index in [9.17, 15) is 14.4 Å². The van der Waals surface area contributed by atoms with Gasteiger partial charge >= 0.3 is 17.9 Å². The van der Waals surface area contributed by atoms with Gasteiger partial charge in [-0.15, -0.1) is 11.6 Å². The fourth-order valence-electron chi connectivity index (χ4n) is 4.33. The molecule has 0 aromatic heterocycles. The zero-order valence-electron chi connectivity index (χ0n) is 14.6. The number of ether oxygens (including phenoxy) is 3. The molecular weight excluding hydrogens is 348 g/mol. The Morgan fingerprint density at radius 2 is 1.92 bits per heavy atom. The third kappa shape index (κ3) is 3.78. The second-order valence-electron chi connectivity index (χ2n) is 7.35. The third-order valence-corrected chi connectivity index (χ3v) is 6.08. The second kappa shape index (κ2) is 7.52. The first-order valence-corrected chi connectivity index (χ1v) is 9.62. The Balaban J connectivity index is 1.65. The van der Waals surface area contributed by atoms with Gasteiger partial charge in [0.25, 0.3) is 0 Å². The first-order chi connectivity index (χ1) is 11.9. The standard InChI is InChI=1S/C18H25ClO6/c1-3-12(19)17(21)23-13(4-2)18(22)25-15-10-5-9-6-11(8-10)16(20)24-14(15)7-9/h9-15H,3-8H2,1-2H3. The van der Waals surface area contributed by atoms with Crippen molar-refractivity contribution in [3.05, 3.63) is 0 Å². The first kappa shape index (κ1) is 18.5. The van der Waals surface area contributed by atoms with Crippen LogP contribution < -0.4 is 0 Å². The van der Waals surface area contributed by atoms with Crippen LogP contribution in [-0.4, -0.2) is 41.6 Å². The molecule has 0 radical (unpaired) electrons. The summed E-state index contributed by atoms with van der Waals surface area (Å²) >= 11 is 5.87. The van der Waals surface area contributed by atoms with Crippen molar-refractivity contribution >= 4 is 29.5 Å². The molecule has 4 fully saturated rings. The van der Waals surface area contributed by atoms with E-state index in [1.807, 2.05) is 0 Å². The highest BCUT2D eigenvalue weighted by Crippen LogP contribution is 2.48. The molecule has 0 amide bonds. The minimum atomic E-state index is -0.977. The van der Waals surface area contributed by atoms with Gasteiger partial charge < -0.3 is 14.2 Å². The molecule has 2 aliphatic carbocycles. The van der Waals surface area contributed by atoms with Crippen molar-refractivity contribution in [3.63, 3.8) is 0 Å². The average molecular weight is 373 g/mol. The van der Waals surface area contributed by atoms with Gasteiger partial charge in [0.05, 0.1) is 5.92 Å². The molecule has 2 saturated carbocycles. The molecule has 0 aromatic carbocycles. The average Bonchev–Trinajstić information content (AvgIpc) is 2.76. The number of alkyl halides is 1. The highest BCUT2D eigenvalue weighted by atomic mass is 35.5. The van der Waals surface area contributed by atoms with E-state index >= 15 is 0 Å². The van der Waals surface area contributed by atoms with Crippen molar-refractivity contribution < 1.29 is 28.6 Å². The van der Waals surface area contributed by atoms with Crippen LogP contribution in [0.1, 0.15) is 52.4 Å². The Hall–Kier alpha value is -1.30. The van der Waals surface area contributed by atoms with Gasteiger partial charge in [0, 0.05) is 5.92 Å². The maximum absolute atomic E-state index is 12.5. The third-order valence-electron chi connectivity index (χ3n) is 5.60. The zero-order valence-corrected chi connectivity index (χ0v) is 15.4. The predicted molar refractivity (Wildman–Crippen MR) is 88.8 cm³/mol. The van der Waals surface area contributed by atoms with Gasteiger partial charge in [0.2, 0.25) is 0 Å². The fourth-order valence-corrected chi connectivity index (χ4v) is 4.38. The monoisotopic (exact) mass is 372 g/mol. The lowest BCUT2D eigenvalue weighted by atomic mass is 9.67.